The number of carbonyl (C=O) groups is 2. The molecule has 0 spiro atoms. The molecule has 4 rings (SSSR count). The molecular formula is C21H28N2O2. The highest BCUT2D eigenvalue weighted by atomic mass is 16.2. The second-order valence-electron chi connectivity index (χ2n) is 8.15. The van der Waals surface area contributed by atoms with Gasteiger partial charge in [-0.05, 0) is 68.2 Å². The summed E-state index contributed by atoms with van der Waals surface area (Å²) in [5.41, 5.74) is 3.13. The highest BCUT2D eigenvalue weighted by Gasteiger charge is 2.42. The van der Waals surface area contributed by atoms with E-state index in [0.29, 0.717) is 12.5 Å². The highest BCUT2D eigenvalue weighted by molar-refractivity contribution is 5.98. The average Bonchev–Trinajstić information content (AvgIpc) is 3.29. The molecule has 2 fully saturated rings. The van der Waals surface area contributed by atoms with Crippen molar-refractivity contribution in [1.29, 1.82) is 0 Å². The summed E-state index contributed by atoms with van der Waals surface area (Å²) >= 11 is 0. The molecule has 0 bridgehead atoms. The maximum atomic E-state index is 13.1. The van der Waals surface area contributed by atoms with Crippen LogP contribution in [0.15, 0.2) is 18.2 Å². The van der Waals surface area contributed by atoms with E-state index >= 15 is 0 Å². The van der Waals surface area contributed by atoms with Crippen molar-refractivity contribution < 1.29 is 9.59 Å². The second-order valence-corrected chi connectivity index (χ2v) is 8.15. The molecule has 4 heteroatoms. The molecule has 134 valence electrons. The predicted molar refractivity (Wildman–Crippen MR) is 98.4 cm³/mol. The molecule has 0 saturated heterocycles. The Kier molecular flexibility index (Phi) is 4.53. The normalized spacial score (nSPS) is 21.4. The number of rotatable bonds is 5. The Morgan fingerprint density at radius 1 is 1.00 bits per heavy atom. The van der Waals surface area contributed by atoms with E-state index in [1.165, 1.54) is 17.5 Å². The van der Waals surface area contributed by atoms with Gasteiger partial charge in [-0.2, -0.15) is 0 Å². The Bertz CT molecular complexity index is 672. The fourth-order valence-corrected chi connectivity index (χ4v) is 4.44. The van der Waals surface area contributed by atoms with E-state index < -0.39 is 5.41 Å². The Morgan fingerprint density at radius 2 is 1.76 bits per heavy atom. The van der Waals surface area contributed by atoms with Crippen molar-refractivity contribution in [1.82, 2.24) is 5.32 Å². The Morgan fingerprint density at radius 3 is 2.52 bits per heavy atom. The first-order valence-electron chi connectivity index (χ1n) is 9.87. The molecule has 2 saturated carbocycles. The van der Waals surface area contributed by atoms with Gasteiger partial charge < -0.3 is 10.6 Å². The van der Waals surface area contributed by atoms with Crippen LogP contribution in [0.25, 0.3) is 0 Å². The maximum Gasteiger partial charge on any atom is 0.231 e. The van der Waals surface area contributed by atoms with Crippen molar-refractivity contribution >= 4 is 17.5 Å². The van der Waals surface area contributed by atoms with E-state index in [9.17, 15) is 9.59 Å². The minimum absolute atomic E-state index is 0.0380. The van der Waals surface area contributed by atoms with Crippen molar-refractivity contribution in [2.24, 2.45) is 5.41 Å². The summed E-state index contributed by atoms with van der Waals surface area (Å²) in [6, 6.07) is 6.64. The molecule has 25 heavy (non-hydrogen) atoms. The molecule has 1 aromatic carbocycles. The molecule has 3 aliphatic carbocycles. The fourth-order valence-electron chi connectivity index (χ4n) is 4.44. The quantitative estimate of drug-likeness (QED) is 0.858. The molecule has 0 aromatic heterocycles. The average molecular weight is 340 g/mol. The van der Waals surface area contributed by atoms with Crippen molar-refractivity contribution in [2.45, 2.75) is 76.7 Å². The van der Waals surface area contributed by atoms with Gasteiger partial charge in [0, 0.05) is 18.2 Å². The van der Waals surface area contributed by atoms with Crippen LogP contribution >= 0.6 is 0 Å². The van der Waals surface area contributed by atoms with Crippen LogP contribution in [0.5, 0.6) is 0 Å². The summed E-state index contributed by atoms with van der Waals surface area (Å²) in [6.45, 7) is 0. The van der Waals surface area contributed by atoms with E-state index in [0.717, 1.165) is 63.5 Å². The van der Waals surface area contributed by atoms with Crippen molar-refractivity contribution in [3.8, 4) is 0 Å². The lowest BCUT2D eigenvalue weighted by Gasteiger charge is -2.35. The highest BCUT2D eigenvalue weighted by Crippen LogP contribution is 2.41. The number of carbonyl (C=O) groups excluding carboxylic acids is 2. The maximum absolute atomic E-state index is 13.1. The van der Waals surface area contributed by atoms with Crippen LogP contribution < -0.4 is 10.6 Å². The molecule has 0 unspecified atom stereocenters. The molecule has 0 radical (unpaired) electrons. The smallest absolute Gasteiger partial charge is 0.231 e. The zero-order chi connectivity index (χ0) is 17.3. The number of hydrogen-bond acceptors (Lipinski definition) is 2. The second kappa shape index (κ2) is 6.81. The van der Waals surface area contributed by atoms with Crippen molar-refractivity contribution in [2.75, 3.05) is 5.32 Å². The zero-order valence-corrected chi connectivity index (χ0v) is 14.9. The number of anilines is 1. The third kappa shape index (κ3) is 3.73. The van der Waals surface area contributed by atoms with Crippen molar-refractivity contribution in [3.63, 3.8) is 0 Å². The minimum atomic E-state index is -0.532. The van der Waals surface area contributed by atoms with Crippen LogP contribution in [-0.2, 0) is 22.4 Å². The van der Waals surface area contributed by atoms with Gasteiger partial charge in [0.25, 0.3) is 0 Å². The number of hydrogen-bond donors (Lipinski definition) is 2. The van der Waals surface area contributed by atoms with Gasteiger partial charge in [0.05, 0.1) is 5.41 Å². The summed E-state index contributed by atoms with van der Waals surface area (Å²) in [5.74, 6) is 0.0876. The lowest BCUT2D eigenvalue weighted by Crippen LogP contribution is -2.42. The lowest BCUT2D eigenvalue weighted by molar-refractivity contribution is -0.134. The third-order valence-electron chi connectivity index (χ3n) is 6.09. The fraction of sp³-hybridized carbons (Fsp3) is 0.619. The van der Waals surface area contributed by atoms with Crippen LogP contribution in [0.1, 0.15) is 68.9 Å². The van der Waals surface area contributed by atoms with E-state index in [2.05, 4.69) is 22.8 Å². The molecule has 2 amide bonds. The van der Waals surface area contributed by atoms with Crippen molar-refractivity contribution in [3.05, 3.63) is 29.3 Å². The van der Waals surface area contributed by atoms with Gasteiger partial charge in [-0.1, -0.05) is 25.3 Å². The Labute approximate surface area is 149 Å². The van der Waals surface area contributed by atoms with Gasteiger partial charge in [-0.3, -0.25) is 9.59 Å². The van der Waals surface area contributed by atoms with E-state index in [4.69, 9.17) is 0 Å². The molecule has 0 atom stereocenters. The molecule has 0 heterocycles. The van der Waals surface area contributed by atoms with Crippen LogP contribution in [0, 0.1) is 5.41 Å². The number of nitrogens with one attached hydrogen (secondary N) is 2. The number of aryl methyl sites for hydroxylation is 2. The molecule has 1 aromatic rings. The number of benzene rings is 1. The van der Waals surface area contributed by atoms with Crippen LogP contribution in [-0.4, -0.2) is 17.9 Å². The minimum Gasteiger partial charge on any atom is -0.353 e. The molecular weight excluding hydrogens is 312 g/mol. The summed E-state index contributed by atoms with van der Waals surface area (Å²) < 4.78 is 0. The van der Waals surface area contributed by atoms with E-state index in [1.54, 1.807) is 0 Å². The van der Waals surface area contributed by atoms with E-state index in [-0.39, 0.29) is 11.8 Å². The van der Waals surface area contributed by atoms with Crippen LogP contribution in [0.2, 0.25) is 0 Å². The summed E-state index contributed by atoms with van der Waals surface area (Å²) in [6.07, 6.45) is 10.8. The van der Waals surface area contributed by atoms with Gasteiger partial charge in [-0.15, -0.1) is 0 Å². The van der Waals surface area contributed by atoms with E-state index in [1.807, 2.05) is 6.07 Å². The standard InChI is InChI=1S/C21H28N2O2/c24-19(22-17-9-10-17)14-21(11-2-1-3-12-21)20(25)23-18-8-7-15-5-4-6-16(15)13-18/h7-8,13,17H,1-6,9-12,14H2,(H,22,24)(H,23,25). The van der Waals surface area contributed by atoms with Gasteiger partial charge in [0.2, 0.25) is 11.8 Å². The first kappa shape index (κ1) is 16.6. The number of amides is 2. The third-order valence-corrected chi connectivity index (χ3v) is 6.09. The largest absolute Gasteiger partial charge is 0.353 e. The first-order valence-corrected chi connectivity index (χ1v) is 9.87. The van der Waals surface area contributed by atoms with Crippen LogP contribution in [0.4, 0.5) is 5.69 Å². The lowest BCUT2D eigenvalue weighted by atomic mass is 9.70. The topological polar surface area (TPSA) is 58.2 Å². The molecule has 3 aliphatic rings. The monoisotopic (exact) mass is 340 g/mol. The summed E-state index contributed by atoms with van der Waals surface area (Å²) in [4.78, 5) is 25.5. The van der Waals surface area contributed by atoms with Gasteiger partial charge >= 0.3 is 0 Å². The molecule has 0 aliphatic heterocycles. The Hall–Kier alpha value is -1.84. The Balaban J connectivity index is 1.47. The summed E-state index contributed by atoms with van der Waals surface area (Å²) in [5, 5.41) is 6.20. The van der Waals surface area contributed by atoms with Crippen LogP contribution in [0.3, 0.4) is 0 Å². The van der Waals surface area contributed by atoms with Gasteiger partial charge in [-0.25, -0.2) is 0 Å². The molecule has 4 nitrogen and oxygen atoms in total. The predicted octanol–water partition coefficient (Wildman–Crippen LogP) is 3.73. The van der Waals surface area contributed by atoms with Gasteiger partial charge in [0.15, 0.2) is 0 Å². The molecule has 2 N–H and O–H groups in total. The summed E-state index contributed by atoms with van der Waals surface area (Å²) in [7, 11) is 0. The zero-order valence-electron chi connectivity index (χ0n) is 14.9. The SMILES string of the molecule is O=C(CC1(C(=O)Nc2ccc3c(c2)CCC3)CCCCC1)NC1CC1. The number of fused-ring (bicyclic) bond motifs is 1. The first-order chi connectivity index (χ1) is 12.1. The van der Waals surface area contributed by atoms with Gasteiger partial charge in [0.1, 0.15) is 0 Å².